The number of nitro groups is 1. The highest BCUT2D eigenvalue weighted by Crippen LogP contribution is 2.24. The van der Waals surface area contributed by atoms with Gasteiger partial charge >= 0.3 is 0 Å². The highest BCUT2D eigenvalue weighted by atomic mass is 16.6. The number of H-pyrrole nitrogens is 1. The third kappa shape index (κ3) is 2.05. The van der Waals surface area contributed by atoms with Crippen LogP contribution in [0.4, 0.5) is 5.69 Å². The van der Waals surface area contributed by atoms with Gasteiger partial charge in [-0.1, -0.05) is 12.1 Å². The lowest BCUT2D eigenvalue weighted by molar-refractivity contribution is -0.384. The topological polar surface area (TPSA) is 88.9 Å². The van der Waals surface area contributed by atoms with Gasteiger partial charge in [-0.15, -0.1) is 0 Å². The zero-order valence-corrected chi connectivity index (χ0v) is 9.01. The van der Waals surface area contributed by atoms with E-state index in [1.807, 2.05) is 0 Å². The molecule has 1 N–H and O–H groups in total. The van der Waals surface area contributed by atoms with Gasteiger partial charge in [-0.2, -0.15) is 0 Å². The first-order chi connectivity index (χ1) is 8.11. The van der Waals surface area contributed by atoms with E-state index in [-0.39, 0.29) is 11.5 Å². The number of aromatic nitrogens is 2. The Morgan fingerprint density at radius 2 is 2.24 bits per heavy atom. The first-order valence-electron chi connectivity index (χ1n) is 4.88. The molecule has 0 aliphatic heterocycles. The quantitative estimate of drug-likeness (QED) is 0.497. The summed E-state index contributed by atoms with van der Waals surface area (Å²) < 4.78 is 0. The van der Waals surface area contributed by atoms with Crippen LogP contribution in [0.25, 0.3) is 11.3 Å². The maximum atomic E-state index is 10.7. The fraction of sp³-hybridized carbons (Fsp3) is 0.0909. The number of benzene rings is 1. The number of rotatable bonds is 3. The van der Waals surface area contributed by atoms with Crippen LogP contribution in [0, 0.1) is 17.0 Å². The summed E-state index contributed by atoms with van der Waals surface area (Å²) in [4.78, 5) is 27.6. The molecule has 0 aliphatic rings. The average molecular weight is 231 g/mol. The van der Waals surface area contributed by atoms with Crippen molar-refractivity contribution >= 4 is 12.0 Å². The monoisotopic (exact) mass is 231 g/mol. The number of imidazole rings is 1. The fourth-order valence-electron chi connectivity index (χ4n) is 1.59. The van der Waals surface area contributed by atoms with Crippen LogP contribution in [0.5, 0.6) is 0 Å². The third-order valence-corrected chi connectivity index (χ3v) is 2.35. The van der Waals surface area contributed by atoms with E-state index in [1.54, 1.807) is 19.1 Å². The number of nitrogens with one attached hydrogen (secondary N) is 1. The van der Waals surface area contributed by atoms with E-state index in [2.05, 4.69) is 9.97 Å². The molecule has 2 rings (SSSR count). The van der Waals surface area contributed by atoms with Crippen LogP contribution in [-0.2, 0) is 0 Å². The molecular formula is C11H9N3O3. The van der Waals surface area contributed by atoms with Crippen LogP contribution in [0.1, 0.15) is 16.3 Å². The maximum absolute atomic E-state index is 10.7. The van der Waals surface area contributed by atoms with Crippen molar-refractivity contribution in [3.63, 3.8) is 0 Å². The lowest BCUT2D eigenvalue weighted by Crippen LogP contribution is -1.89. The zero-order chi connectivity index (χ0) is 12.4. The molecule has 0 saturated carbocycles. The number of nitro benzene ring substituents is 1. The van der Waals surface area contributed by atoms with Crippen molar-refractivity contribution in [1.29, 1.82) is 0 Å². The van der Waals surface area contributed by atoms with Crippen molar-refractivity contribution in [2.75, 3.05) is 0 Å². The summed E-state index contributed by atoms with van der Waals surface area (Å²) in [6, 6.07) is 6.14. The van der Waals surface area contributed by atoms with Crippen molar-refractivity contribution in [1.82, 2.24) is 9.97 Å². The Labute approximate surface area is 96.5 Å². The SMILES string of the molecule is Cc1[nH]c(C=O)nc1-c1cccc([N+](=O)[O-])c1. The molecule has 2 aromatic rings. The van der Waals surface area contributed by atoms with Gasteiger partial charge in [-0.05, 0) is 6.92 Å². The Hall–Kier alpha value is -2.50. The molecule has 0 spiro atoms. The second-order valence-electron chi connectivity index (χ2n) is 3.52. The predicted molar refractivity (Wildman–Crippen MR) is 60.8 cm³/mol. The third-order valence-electron chi connectivity index (χ3n) is 2.35. The molecule has 0 aliphatic carbocycles. The van der Waals surface area contributed by atoms with Gasteiger partial charge in [0.05, 0.1) is 10.6 Å². The zero-order valence-electron chi connectivity index (χ0n) is 9.01. The van der Waals surface area contributed by atoms with Gasteiger partial charge in [-0.25, -0.2) is 4.98 Å². The van der Waals surface area contributed by atoms with Crippen LogP contribution in [-0.4, -0.2) is 21.2 Å². The number of carbonyl (C=O) groups is 1. The Balaban J connectivity index is 2.52. The molecule has 0 amide bonds. The highest BCUT2D eigenvalue weighted by molar-refractivity contribution is 5.73. The fourth-order valence-corrected chi connectivity index (χ4v) is 1.59. The molecule has 0 unspecified atom stereocenters. The summed E-state index contributed by atoms with van der Waals surface area (Å²) >= 11 is 0. The lowest BCUT2D eigenvalue weighted by Gasteiger charge is -1.98. The normalized spacial score (nSPS) is 10.2. The minimum Gasteiger partial charge on any atom is -0.339 e. The largest absolute Gasteiger partial charge is 0.339 e. The van der Waals surface area contributed by atoms with Gasteiger partial charge in [0.2, 0.25) is 0 Å². The highest BCUT2D eigenvalue weighted by Gasteiger charge is 2.12. The molecule has 1 aromatic carbocycles. The van der Waals surface area contributed by atoms with Crippen molar-refractivity contribution in [3.05, 3.63) is 45.9 Å². The van der Waals surface area contributed by atoms with Gasteiger partial charge in [-0.3, -0.25) is 14.9 Å². The number of hydrogen-bond acceptors (Lipinski definition) is 4. The lowest BCUT2D eigenvalue weighted by atomic mass is 10.1. The second-order valence-corrected chi connectivity index (χ2v) is 3.52. The summed E-state index contributed by atoms with van der Waals surface area (Å²) in [5.74, 6) is 0.212. The number of nitrogens with zero attached hydrogens (tertiary/aromatic N) is 2. The molecule has 6 heteroatoms. The smallest absolute Gasteiger partial charge is 0.270 e. The Kier molecular flexibility index (Phi) is 2.70. The maximum Gasteiger partial charge on any atom is 0.270 e. The van der Waals surface area contributed by atoms with Crippen molar-refractivity contribution in [2.45, 2.75) is 6.92 Å². The van der Waals surface area contributed by atoms with Gasteiger partial charge in [0.15, 0.2) is 12.1 Å². The van der Waals surface area contributed by atoms with Crippen molar-refractivity contribution < 1.29 is 9.72 Å². The summed E-state index contributed by atoms with van der Waals surface area (Å²) in [5.41, 5.74) is 1.86. The summed E-state index contributed by atoms with van der Waals surface area (Å²) in [6.45, 7) is 1.76. The van der Waals surface area contributed by atoms with Crippen LogP contribution >= 0.6 is 0 Å². The average Bonchev–Trinajstić information content (AvgIpc) is 2.71. The number of aromatic amines is 1. The molecule has 0 fully saturated rings. The summed E-state index contributed by atoms with van der Waals surface area (Å²) in [5, 5.41) is 10.7. The first-order valence-corrected chi connectivity index (χ1v) is 4.88. The molecular weight excluding hydrogens is 222 g/mol. The van der Waals surface area contributed by atoms with Crippen LogP contribution in [0.3, 0.4) is 0 Å². The Morgan fingerprint density at radius 1 is 1.47 bits per heavy atom. The van der Waals surface area contributed by atoms with Gasteiger partial charge in [0, 0.05) is 23.4 Å². The Morgan fingerprint density at radius 3 is 2.82 bits per heavy atom. The second kappa shape index (κ2) is 4.17. The Bertz CT molecular complexity index is 589. The minimum atomic E-state index is -0.466. The van der Waals surface area contributed by atoms with E-state index >= 15 is 0 Å². The van der Waals surface area contributed by atoms with E-state index < -0.39 is 4.92 Å². The number of carbonyl (C=O) groups excluding carboxylic acids is 1. The van der Waals surface area contributed by atoms with E-state index in [0.717, 1.165) is 0 Å². The van der Waals surface area contributed by atoms with Crippen LogP contribution in [0.15, 0.2) is 24.3 Å². The first kappa shape index (κ1) is 11.0. The molecule has 0 saturated heterocycles. The van der Waals surface area contributed by atoms with Gasteiger partial charge < -0.3 is 4.98 Å². The number of hydrogen-bond donors (Lipinski definition) is 1. The van der Waals surface area contributed by atoms with E-state index in [1.165, 1.54) is 12.1 Å². The minimum absolute atomic E-state index is 0.00227. The molecule has 17 heavy (non-hydrogen) atoms. The van der Waals surface area contributed by atoms with E-state index in [9.17, 15) is 14.9 Å². The molecule has 1 heterocycles. The van der Waals surface area contributed by atoms with Gasteiger partial charge in [0.25, 0.3) is 5.69 Å². The molecule has 0 radical (unpaired) electrons. The van der Waals surface area contributed by atoms with E-state index in [0.29, 0.717) is 23.2 Å². The summed E-state index contributed by atoms with van der Waals surface area (Å²) in [7, 11) is 0. The number of non-ortho nitro benzene ring substituents is 1. The standard InChI is InChI=1S/C11H9N3O3/c1-7-11(13-10(6-15)12-7)8-3-2-4-9(5-8)14(16)17/h2-6H,1H3,(H,12,13). The van der Waals surface area contributed by atoms with Crippen molar-refractivity contribution in [3.8, 4) is 11.3 Å². The van der Waals surface area contributed by atoms with E-state index in [4.69, 9.17) is 0 Å². The van der Waals surface area contributed by atoms with Crippen LogP contribution in [0.2, 0.25) is 0 Å². The van der Waals surface area contributed by atoms with Gasteiger partial charge in [0.1, 0.15) is 0 Å². The number of aldehydes is 1. The summed E-state index contributed by atoms with van der Waals surface area (Å²) in [6.07, 6.45) is 0.605. The predicted octanol–water partition coefficient (Wildman–Crippen LogP) is 2.11. The van der Waals surface area contributed by atoms with Crippen molar-refractivity contribution in [2.24, 2.45) is 0 Å². The molecule has 1 aromatic heterocycles. The van der Waals surface area contributed by atoms with Crippen LogP contribution < -0.4 is 0 Å². The number of aryl methyl sites for hydroxylation is 1. The molecule has 6 nitrogen and oxygen atoms in total. The molecule has 0 bridgehead atoms. The molecule has 0 atom stereocenters. The molecule has 86 valence electrons.